The zero-order valence-corrected chi connectivity index (χ0v) is 26.1. The number of allylic oxidation sites excluding steroid dienone is 2. The van der Waals surface area contributed by atoms with Gasteiger partial charge in [0.25, 0.3) is 0 Å². The molecule has 2 rings (SSSR count). The number of carbonyl (C=O) groups is 3. The first kappa shape index (κ1) is 33.3. The molecule has 0 bridgehead atoms. The van der Waals surface area contributed by atoms with Crippen LogP contribution in [0.3, 0.4) is 0 Å². The van der Waals surface area contributed by atoms with E-state index >= 15 is 0 Å². The number of ketones is 1. The summed E-state index contributed by atoms with van der Waals surface area (Å²) in [5.41, 5.74) is -0.592. The van der Waals surface area contributed by atoms with Crippen LogP contribution >= 0.6 is 0 Å². The largest absolute Gasteiger partial charge is 0.493 e. The minimum absolute atomic E-state index is 0.00685. The topological polar surface area (TPSA) is 88.1 Å². The van der Waals surface area contributed by atoms with E-state index in [4.69, 9.17) is 18.9 Å². The fourth-order valence-corrected chi connectivity index (χ4v) is 3.45. The van der Waals surface area contributed by atoms with Crippen LogP contribution in [0.25, 0.3) is 6.08 Å². The van der Waals surface area contributed by atoms with Crippen molar-refractivity contribution in [1.82, 2.24) is 0 Å². The third-order valence-corrected chi connectivity index (χ3v) is 6.29. The Morgan fingerprint density at radius 3 is 1.88 bits per heavy atom. The molecule has 0 unspecified atom stereocenters. The molecule has 0 radical (unpaired) electrons. The number of methoxy groups -OCH3 is 1. The molecule has 7 heteroatoms. The van der Waals surface area contributed by atoms with Gasteiger partial charge >= 0.3 is 11.9 Å². The Morgan fingerprint density at radius 1 is 0.829 bits per heavy atom. The minimum atomic E-state index is -0.783. The van der Waals surface area contributed by atoms with E-state index in [0.29, 0.717) is 34.8 Å². The van der Waals surface area contributed by atoms with E-state index in [0.717, 1.165) is 6.42 Å². The maximum Gasteiger partial charge on any atom is 0.316 e. The number of hydrogen-bond donors (Lipinski definition) is 0. The summed E-state index contributed by atoms with van der Waals surface area (Å²) in [6.07, 6.45) is 4.06. The number of esters is 2. The average Bonchev–Trinajstić information content (AvgIpc) is 2.90. The number of carbonyl (C=O) groups excluding carboxylic acids is 3. The molecule has 0 aliphatic heterocycles. The fraction of sp³-hybridized carbons (Fsp3) is 0.441. The highest BCUT2D eigenvalue weighted by atomic mass is 16.5. The molecule has 0 aromatic heterocycles. The smallest absolute Gasteiger partial charge is 0.316 e. The molecule has 0 heterocycles. The highest BCUT2D eigenvalue weighted by Gasteiger charge is 2.31. The van der Waals surface area contributed by atoms with Gasteiger partial charge < -0.3 is 18.9 Å². The third-order valence-electron chi connectivity index (χ3n) is 6.29. The second-order valence-corrected chi connectivity index (χ2v) is 12.5. The second kappa shape index (κ2) is 13.2. The van der Waals surface area contributed by atoms with Crippen LogP contribution in [0, 0.1) is 10.8 Å². The van der Waals surface area contributed by atoms with Crippen LogP contribution in [-0.4, -0.2) is 31.4 Å². The van der Waals surface area contributed by atoms with Gasteiger partial charge in [0.1, 0.15) is 17.2 Å². The standard InChI is InChI=1S/C34H44O7/c1-12-20-39-26-19-18-25(34(9,10)13-2)29(41-31(37)33(6,7)8)24(26)21-27(38-11)28(35)22-14-16-23(17-15-22)40-30(36)32(3,4)5/h13-19,21H,2,12,20H2,1,3-11H3. The first-order valence-corrected chi connectivity index (χ1v) is 13.7. The molecule has 2 aromatic carbocycles. The normalized spacial score (nSPS) is 12.4. The molecule has 0 N–H and O–H groups in total. The Bertz CT molecular complexity index is 1300. The SMILES string of the molecule is C=CC(C)(C)c1ccc(OCCC)c(C=C(OC)C(=O)c2ccc(OC(=O)C(C)(C)C)cc2)c1OC(=O)C(C)(C)C. The van der Waals surface area contributed by atoms with Gasteiger partial charge in [0.05, 0.1) is 30.1 Å². The number of hydrogen-bond acceptors (Lipinski definition) is 7. The third kappa shape index (κ3) is 8.56. The van der Waals surface area contributed by atoms with Crippen LogP contribution < -0.4 is 14.2 Å². The Morgan fingerprint density at radius 2 is 1.39 bits per heavy atom. The van der Waals surface area contributed by atoms with Crippen LogP contribution in [0.5, 0.6) is 17.2 Å². The van der Waals surface area contributed by atoms with Crippen molar-refractivity contribution >= 4 is 23.8 Å². The Kier molecular flexibility index (Phi) is 10.7. The van der Waals surface area contributed by atoms with Gasteiger partial charge in [-0.2, -0.15) is 0 Å². The van der Waals surface area contributed by atoms with E-state index < -0.39 is 28.0 Å². The zero-order valence-electron chi connectivity index (χ0n) is 26.1. The lowest BCUT2D eigenvalue weighted by molar-refractivity contribution is -0.143. The van der Waals surface area contributed by atoms with Crippen molar-refractivity contribution in [3.63, 3.8) is 0 Å². The molecular weight excluding hydrogens is 520 g/mol. The molecular formula is C34H44O7. The summed E-state index contributed by atoms with van der Waals surface area (Å²) >= 11 is 0. The Hall–Kier alpha value is -3.87. The molecule has 2 aromatic rings. The number of benzene rings is 2. The van der Waals surface area contributed by atoms with Crippen molar-refractivity contribution < 1.29 is 33.3 Å². The molecule has 0 atom stereocenters. The summed E-state index contributed by atoms with van der Waals surface area (Å²) in [5.74, 6) is -0.180. The van der Waals surface area contributed by atoms with Crippen LogP contribution in [0.15, 0.2) is 54.8 Å². The lowest BCUT2D eigenvalue weighted by Gasteiger charge is -2.27. The maximum absolute atomic E-state index is 13.6. The van der Waals surface area contributed by atoms with Gasteiger partial charge in [-0.1, -0.05) is 32.9 Å². The Balaban J connectivity index is 2.68. The lowest BCUT2D eigenvalue weighted by Crippen LogP contribution is -2.27. The molecule has 7 nitrogen and oxygen atoms in total. The molecule has 0 saturated carbocycles. The van der Waals surface area contributed by atoms with Crippen molar-refractivity contribution in [2.45, 2.75) is 74.1 Å². The van der Waals surface area contributed by atoms with Crippen molar-refractivity contribution in [2.75, 3.05) is 13.7 Å². The van der Waals surface area contributed by atoms with E-state index in [1.165, 1.54) is 13.2 Å². The van der Waals surface area contributed by atoms with E-state index in [1.807, 2.05) is 26.8 Å². The second-order valence-electron chi connectivity index (χ2n) is 12.5. The first-order valence-electron chi connectivity index (χ1n) is 13.7. The molecule has 0 amide bonds. The predicted molar refractivity (Wildman–Crippen MR) is 161 cm³/mol. The Labute approximate surface area is 244 Å². The van der Waals surface area contributed by atoms with E-state index in [-0.39, 0.29) is 17.5 Å². The van der Waals surface area contributed by atoms with Crippen molar-refractivity contribution in [1.29, 1.82) is 0 Å². The zero-order chi connectivity index (χ0) is 31.2. The molecule has 0 spiro atoms. The molecule has 222 valence electrons. The van der Waals surface area contributed by atoms with Gasteiger partial charge in [-0.3, -0.25) is 14.4 Å². The monoisotopic (exact) mass is 564 g/mol. The van der Waals surface area contributed by atoms with Gasteiger partial charge in [0, 0.05) is 16.5 Å². The van der Waals surface area contributed by atoms with E-state index in [2.05, 4.69) is 6.58 Å². The highest BCUT2D eigenvalue weighted by molar-refractivity contribution is 6.10. The maximum atomic E-state index is 13.6. The fourth-order valence-electron chi connectivity index (χ4n) is 3.45. The minimum Gasteiger partial charge on any atom is -0.493 e. The van der Waals surface area contributed by atoms with Gasteiger partial charge in [-0.15, -0.1) is 6.58 Å². The molecule has 0 aliphatic rings. The quantitative estimate of drug-likeness (QED) is 0.0690. The summed E-state index contributed by atoms with van der Waals surface area (Å²) in [4.78, 5) is 38.9. The van der Waals surface area contributed by atoms with Gasteiger partial charge in [0.2, 0.25) is 5.78 Å². The van der Waals surface area contributed by atoms with Crippen LogP contribution in [0.2, 0.25) is 0 Å². The van der Waals surface area contributed by atoms with Crippen molar-refractivity contribution in [3.05, 3.63) is 71.5 Å². The summed E-state index contributed by atoms with van der Waals surface area (Å²) in [7, 11) is 1.40. The summed E-state index contributed by atoms with van der Waals surface area (Å²) in [6.45, 7) is 20.9. The van der Waals surface area contributed by atoms with Crippen molar-refractivity contribution in [3.8, 4) is 17.2 Å². The summed E-state index contributed by atoms with van der Waals surface area (Å²) < 4.78 is 23.0. The summed E-state index contributed by atoms with van der Waals surface area (Å²) in [6, 6.07) is 9.89. The molecule has 0 fully saturated rings. The molecule has 0 saturated heterocycles. The van der Waals surface area contributed by atoms with E-state index in [1.54, 1.807) is 78.0 Å². The van der Waals surface area contributed by atoms with Crippen LogP contribution in [-0.2, 0) is 19.7 Å². The van der Waals surface area contributed by atoms with Crippen LogP contribution in [0.1, 0.15) is 90.2 Å². The average molecular weight is 565 g/mol. The van der Waals surface area contributed by atoms with Gasteiger partial charge in [-0.25, -0.2) is 0 Å². The molecule has 0 aliphatic carbocycles. The summed E-state index contributed by atoms with van der Waals surface area (Å²) in [5, 5.41) is 0. The van der Waals surface area contributed by atoms with Gasteiger partial charge in [0.15, 0.2) is 5.76 Å². The number of ether oxygens (including phenoxy) is 4. The highest BCUT2D eigenvalue weighted by Crippen LogP contribution is 2.42. The predicted octanol–water partition coefficient (Wildman–Crippen LogP) is 7.71. The van der Waals surface area contributed by atoms with Crippen molar-refractivity contribution in [2.24, 2.45) is 10.8 Å². The van der Waals surface area contributed by atoms with Gasteiger partial charge in [-0.05, 0) is 84.4 Å². The van der Waals surface area contributed by atoms with Crippen LogP contribution in [0.4, 0.5) is 0 Å². The van der Waals surface area contributed by atoms with E-state index in [9.17, 15) is 14.4 Å². The first-order chi connectivity index (χ1) is 19.0. The number of Topliss-reactive ketones (excluding diaryl/α,β-unsaturated/α-hetero) is 1. The molecule has 41 heavy (non-hydrogen) atoms. The lowest BCUT2D eigenvalue weighted by atomic mass is 9.82. The number of rotatable bonds is 11.